The maximum atomic E-state index is 12.8. The fourth-order valence-electron chi connectivity index (χ4n) is 3.33. The Morgan fingerprint density at radius 3 is 2.44 bits per heavy atom. The number of hydrogen-bond acceptors (Lipinski definition) is 5. The Bertz CT molecular complexity index is 1380. The predicted octanol–water partition coefficient (Wildman–Crippen LogP) is 3.18. The molecule has 0 spiro atoms. The van der Waals surface area contributed by atoms with E-state index in [0.717, 1.165) is 14.7 Å². The average molecular weight is 495 g/mol. The quantitative estimate of drug-likeness (QED) is 0.442. The Morgan fingerprint density at radius 1 is 1.06 bits per heavy atom. The average Bonchev–Trinajstić information content (AvgIpc) is 3.24. The third-order valence-electron chi connectivity index (χ3n) is 5.00. The summed E-state index contributed by atoms with van der Waals surface area (Å²) in [6.07, 6.45) is 0. The number of likely N-dealkylation sites (N-methyl/N-ethyl adjacent to an activating group) is 1. The number of rotatable bonds is 6. The van der Waals surface area contributed by atoms with Crippen LogP contribution in [0.4, 0.5) is 0 Å². The maximum Gasteiger partial charge on any atom is 0.275 e. The number of halogens is 1. The largest absolute Gasteiger partial charge is 0.459 e. The van der Waals surface area contributed by atoms with Gasteiger partial charge in [-0.25, -0.2) is 4.68 Å². The van der Waals surface area contributed by atoms with Crippen LogP contribution in [0.25, 0.3) is 22.1 Å². The number of benzene rings is 2. The molecule has 0 fully saturated rings. The zero-order valence-corrected chi connectivity index (χ0v) is 18.7. The molecule has 0 aliphatic rings. The van der Waals surface area contributed by atoms with Crippen molar-refractivity contribution in [3.05, 3.63) is 86.9 Å². The summed E-state index contributed by atoms with van der Waals surface area (Å²) in [5.74, 6) is 0.140. The van der Waals surface area contributed by atoms with Crippen LogP contribution in [0.1, 0.15) is 16.2 Å². The Kier molecular flexibility index (Phi) is 5.91. The number of nitrogens with two attached hydrogens (primary N) is 1. The predicted molar refractivity (Wildman–Crippen MR) is 123 cm³/mol. The minimum absolute atomic E-state index is 0.0548. The molecule has 0 radical (unpaired) electrons. The molecular formula is C23H19BrN4O4. The van der Waals surface area contributed by atoms with Crippen LogP contribution in [0.2, 0.25) is 0 Å². The SMILES string of the molecule is CN(Cc1ccc(-c2ccc(Br)cc2)o1)C(=O)Cn1nc(C(N)=O)c2ccccc2c1=O. The van der Waals surface area contributed by atoms with E-state index in [2.05, 4.69) is 21.0 Å². The molecule has 4 aromatic rings. The molecule has 0 atom stereocenters. The molecule has 0 saturated heterocycles. The van der Waals surface area contributed by atoms with Crippen LogP contribution in [0.3, 0.4) is 0 Å². The topological polar surface area (TPSA) is 111 Å². The molecule has 0 aliphatic heterocycles. The molecule has 4 rings (SSSR count). The maximum absolute atomic E-state index is 12.8. The highest BCUT2D eigenvalue weighted by molar-refractivity contribution is 9.10. The van der Waals surface area contributed by atoms with Crippen molar-refractivity contribution >= 4 is 38.5 Å². The lowest BCUT2D eigenvalue weighted by Crippen LogP contribution is -2.36. The lowest BCUT2D eigenvalue weighted by molar-refractivity contribution is -0.131. The van der Waals surface area contributed by atoms with E-state index in [1.54, 1.807) is 37.4 Å². The van der Waals surface area contributed by atoms with Crippen molar-refractivity contribution < 1.29 is 14.0 Å². The normalized spacial score (nSPS) is 10.9. The zero-order valence-electron chi connectivity index (χ0n) is 17.1. The van der Waals surface area contributed by atoms with E-state index in [-0.39, 0.29) is 30.1 Å². The van der Waals surface area contributed by atoms with Gasteiger partial charge in [-0.15, -0.1) is 0 Å². The van der Waals surface area contributed by atoms with Gasteiger partial charge < -0.3 is 15.1 Å². The van der Waals surface area contributed by atoms with Crippen LogP contribution in [-0.2, 0) is 17.9 Å². The van der Waals surface area contributed by atoms with E-state index in [9.17, 15) is 14.4 Å². The molecule has 2 heterocycles. The van der Waals surface area contributed by atoms with Crippen molar-refractivity contribution in [3.8, 4) is 11.3 Å². The van der Waals surface area contributed by atoms with Gasteiger partial charge in [-0.1, -0.05) is 46.3 Å². The minimum Gasteiger partial charge on any atom is -0.459 e. The van der Waals surface area contributed by atoms with Crippen LogP contribution in [0, 0.1) is 0 Å². The molecule has 2 N–H and O–H groups in total. The van der Waals surface area contributed by atoms with E-state index >= 15 is 0 Å². The third kappa shape index (κ3) is 4.33. The van der Waals surface area contributed by atoms with Crippen LogP contribution < -0.4 is 11.3 Å². The number of amides is 2. The molecule has 162 valence electrons. The van der Waals surface area contributed by atoms with Crippen LogP contribution in [0.15, 0.2) is 74.3 Å². The van der Waals surface area contributed by atoms with Gasteiger partial charge in [0.05, 0.1) is 11.9 Å². The lowest BCUT2D eigenvalue weighted by Gasteiger charge is -2.16. The lowest BCUT2D eigenvalue weighted by atomic mass is 10.1. The molecule has 2 amide bonds. The number of primary amides is 1. The van der Waals surface area contributed by atoms with E-state index in [4.69, 9.17) is 10.2 Å². The highest BCUT2D eigenvalue weighted by atomic mass is 79.9. The second kappa shape index (κ2) is 8.80. The molecule has 0 saturated carbocycles. The van der Waals surface area contributed by atoms with Gasteiger partial charge in [0.1, 0.15) is 18.1 Å². The van der Waals surface area contributed by atoms with Crippen molar-refractivity contribution in [1.29, 1.82) is 0 Å². The molecule has 0 bridgehead atoms. The Labute approximate surface area is 191 Å². The number of fused-ring (bicyclic) bond motifs is 1. The van der Waals surface area contributed by atoms with E-state index in [0.29, 0.717) is 16.9 Å². The van der Waals surface area contributed by atoms with Crippen LogP contribution in [0.5, 0.6) is 0 Å². The van der Waals surface area contributed by atoms with Gasteiger partial charge in [0.15, 0.2) is 5.69 Å². The van der Waals surface area contributed by atoms with Crippen molar-refractivity contribution in [2.24, 2.45) is 5.73 Å². The third-order valence-corrected chi connectivity index (χ3v) is 5.52. The second-order valence-corrected chi connectivity index (χ2v) is 8.16. The van der Waals surface area contributed by atoms with Crippen LogP contribution >= 0.6 is 15.9 Å². The Balaban J connectivity index is 1.53. The van der Waals surface area contributed by atoms with Crippen LogP contribution in [-0.4, -0.2) is 33.5 Å². The van der Waals surface area contributed by atoms with E-state index in [1.807, 2.05) is 30.3 Å². The summed E-state index contributed by atoms with van der Waals surface area (Å²) in [7, 11) is 1.60. The van der Waals surface area contributed by atoms with E-state index < -0.39 is 11.5 Å². The molecule has 2 aromatic heterocycles. The summed E-state index contributed by atoms with van der Waals surface area (Å²) in [6, 6.07) is 17.9. The van der Waals surface area contributed by atoms with Gasteiger partial charge in [-0.05, 0) is 30.3 Å². The van der Waals surface area contributed by atoms with Gasteiger partial charge in [0.25, 0.3) is 11.5 Å². The standard InChI is InChI=1S/C23H19BrN4O4/c1-27(12-16-10-11-19(32-16)14-6-8-15(24)9-7-14)20(29)13-28-23(31)18-5-3-2-4-17(18)21(26-28)22(25)30/h2-11H,12-13H2,1H3,(H2,25,30). The van der Waals surface area contributed by atoms with Crippen molar-refractivity contribution in [1.82, 2.24) is 14.7 Å². The highest BCUT2D eigenvalue weighted by Gasteiger charge is 2.18. The number of furan rings is 1. The van der Waals surface area contributed by atoms with Crippen molar-refractivity contribution in [2.75, 3.05) is 7.05 Å². The molecular weight excluding hydrogens is 476 g/mol. The number of hydrogen-bond donors (Lipinski definition) is 1. The molecule has 0 unspecified atom stereocenters. The highest BCUT2D eigenvalue weighted by Crippen LogP contribution is 2.24. The fourth-order valence-corrected chi connectivity index (χ4v) is 3.59. The molecule has 2 aromatic carbocycles. The van der Waals surface area contributed by atoms with Gasteiger partial charge in [0, 0.05) is 22.5 Å². The zero-order chi connectivity index (χ0) is 22.8. The first-order valence-electron chi connectivity index (χ1n) is 9.72. The molecule has 32 heavy (non-hydrogen) atoms. The first-order chi connectivity index (χ1) is 15.3. The van der Waals surface area contributed by atoms with Gasteiger partial charge in [0.2, 0.25) is 5.91 Å². The molecule has 9 heteroatoms. The van der Waals surface area contributed by atoms with Crippen molar-refractivity contribution in [2.45, 2.75) is 13.1 Å². The minimum atomic E-state index is -0.771. The number of nitrogens with zero attached hydrogens (tertiary/aromatic N) is 3. The number of carbonyl (C=O) groups is 2. The second-order valence-electron chi connectivity index (χ2n) is 7.24. The summed E-state index contributed by atoms with van der Waals surface area (Å²) in [6.45, 7) is -0.124. The fraction of sp³-hybridized carbons (Fsp3) is 0.130. The molecule has 8 nitrogen and oxygen atoms in total. The molecule has 0 aliphatic carbocycles. The van der Waals surface area contributed by atoms with Gasteiger partial charge in [-0.3, -0.25) is 14.4 Å². The monoisotopic (exact) mass is 494 g/mol. The number of carbonyl (C=O) groups excluding carboxylic acids is 2. The summed E-state index contributed by atoms with van der Waals surface area (Å²) in [5, 5.41) is 4.67. The summed E-state index contributed by atoms with van der Waals surface area (Å²) >= 11 is 3.40. The first-order valence-corrected chi connectivity index (χ1v) is 10.5. The number of aromatic nitrogens is 2. The van der Waals surface area contributed by atoms with E-state index in [1.165, 1.54) is 4.90 Å². The Morgan fingerprint density at radius 2 is 1.75 bits per heavy atom. The summed E-state index contributed by atoms with van der Waals surface area (Å²) < 4.78 is 7.79. The van der Waals surface area contributed by atoms with Gasteiger partial charge >= 0.3 is 0 Å². The smallest absolute Gasteiger partial charge is 0.275 e. The van der Waals surface area contributed by atoms with Gasteiger partial charge in [-0.2, -0.15) is 5.10 Å². The Hall–Kier alpha value is -3.72. The first kappa shape index (κ1) is 21.5. The summed E-state index contributed by atoms with van der Waals surface area (Å²) in [5.41, 5.74) is 5.81. The summed E-state index contributed by atoms with van der Waals surface area (Å²) in [4.78, 5) is 38.8. The van der Waals surface area contributed by atoms with Crippen molar-refractivity contribution in [3.63, 3.8) is 0 Å².